The molecule has 0 spiro atoms. The quantitative estimate of drug-likeness (QED) is 0.903. The van der Waals surface area contributed by atoms with Crippen molar-refractivity contribution >= 4 is 5.69 Å². The average Bonchev–Trinajstić information content (AvgIpc) is 2.64. The van der Waals surface area contributed by atoms with E-state index >= 15 is 0 Å². The number of aliphatic hydroxyl groups is 1. The Morgan fingerprint density at radius 1 is 1.32 bits per heavy atom. The maximum atomic E-state index is 13.7. The maximum Gasteiger partial charge on any atom is 0.130 e. The molecule has 1 aromatic carbocycles. The van der Waals surface area contributed by atoms with Gasteiger partial charge < -0.3 is 10.0 Å². The highest BCUT2D eigenvalue weighted by Gasteiger charge is 2.21. The normalized spacial score (nSPS) is 20.7. The number of aliphatic hydroxyl groups excluding tert-OH is 1. The van der Waals surface area contributed by atoms with E-state index in [1.807, 2.05) is 6.07 Å². The Bertz CT molecular complexity index is 419. The van der Waals surface area contributed by atoms with E-state index in [0.717, 1.165) is 37.5 Å². The van der Waals surface area contributed by atoms with Gasteiger partial charge in [0.2, 0.25) is 0 Å². The summed E-state index contributed by atoms with van der Waals surface area (Å²) in [5.41, 5.74) is 1.30. The van der Waals surface area contributed by atoms with Gasteiger partial charge >= 0.3 is 0 Å². The highest BCUT2D eigenvalue weighted by molar-refractivity contribution is 5.54. The van der Waals surface area contributed by atoms with E-state index < -0.39 is 0 Å². The lowest BCUT2D eigenvalue weighted by molar-refractivity contribution is 0.276. The smallest absolute Gasteiger partial charge is 0.130 e. The molecule has 1 aromatic rings. The first kappa shape index (κ1) is 14.3. The zero-order valence-electron chi connectivity index (χ0n) is 11.9. The van der Waals surface area contributed by atoms with Crippen LogP contribution in [0.3, 0.4) is 0 Å². The minimum absolute atomic E-state index is 0.230. The molecule has 1 heterocycles. The summed E-state index contributed by atoms with van der Waals surface area (Å²) in [5, 5.41) is 9.37. The second-order valence-electron chi connectivity index (χ2n) is 5.82. The van der Waals surface area contributed by atoms with Crippen molar-refractivity contribution in [3.05, 3.63) is 29.6 Å². The van der Waals surface area contributed by atoms with Gasteiger partial charge in [0.15, 0.2) is 0 Å². The van der Waals surface area contributed by atoms with Gasteiger partial charge in [0, 0.05) is 24.3 Å². The van der Waals surface area contributed by atoms with Crippen LogP contribution in [0.2, 0.25) is 0 Å². The van der Waals surface area contributed by atoms with Crippen LogP contribution in [-0.4, -0.2) is 18.2 Å². The van der Waals surface area contributed by atoms with Crippen molar-refractivity contribution in [1.82, 2.24) is 0 Å². The molecule has 1 aliphatic heterocycles. The van der Waals surface area contributed by atoms with E-state index in [4.69, 9.17) is 0 Å². The summed E-state index contributed by atoms with van der Waals surface area (Å²) in [7, 11) is 0. The summed E-state index contributed by atoms with van der Waals surface area (Å²) in [5.74, 6) is 1.17. The van der Waals surface area contributed by atoms with Crippen LogP contribution in [0.1, 0.15) is 38.7 Å². The Kier molecular flexibility index (Phi) is 4.81. The van der Waals surface area contributed by atoms with Gasteiger partial charge in [-0.3, -0.25) is 0 Å². The summed E-state index contributed by atoms with van der Waals surface area (Å²) in [4.78, 5) is 2.23. The van der Waals surface area contributed by atoms with Crippen LogP contribution in [0.5, 0.6) is 0 Å². The van der Waals surface area contributed by atoms with Crippen LogP contribution in [-0.2, 0) is 6.61 Å². The molecule has 1 aliphatic rings. The molecule has 1 atom stereocenters. The summed E-state index contributed by atoms with van der Waals surface area (Å²) < 4.78 is 13.7. The maximum absolute atomic E-state index is 13.7. The van der Waals surface area contributed by atoms with Crippen molar-refractivity contribution in [2.75, 3.05) is 18.0 Å². The largest absolute Gasteiger partial charge is 0.391 e. The molecule has 3 heteroatoms. The molecule has 2 nitrogen and oxygen atoms in total. The molecule has 0 aliphatic carbocycles. The lowest BCUT2D eigenvalue weighted by atomic mass is 9.89. The molecule has 19 heavy (non-hydrogen) atoms. The number of hydrogen-bond donors (Lipinski definition) is 1. The van der Waals surface area contributed by atoms with Gasteiger partial charge in [-0.25, -0.2) is 4.39 Å². The van der Waals surface area contributed by atoms with Crippen LogP contribution in [0.15, 0.2) is 18.2 Å². The van der Waals surface area contributed by atoms with E-state index in [1.54, 1.807) is 6.07 Å². The molecule has 0 aromatic heterocycles. The molecule has 1 N–H and O–H groups in total. The molecule has 1 unspecified atom stereocenters. The van der Waals surface area contributed by atoms with E-state index in [2.05, 4.69) is 18.7 Å². The second-order valence-corrected chi connectivity index (χ2v) is 5.82. The summed E-state index contributed by atoms with van der Waals surface area (Å²) >= 11 is 0. The van der Waals surface area contributed by atoms with Gasteiger partial charge in [0.05, 0.1) is 6.61 Å². The monoisotopic (exact) mass is 265 g/mol. The highest BCUT2D eigenvalue weighted by atomic mass is 19.1. The zero-order chi connectivity index (χ0) is 13.8. The van der Waals surface area contributed by atoms with Gasteiger partial charge in [-0.2, -0.15) is 0 Å². The summed E-state index contributed by atoms with van der Waals surface area (Å²) in [6, 6.07) is 5.07. The Labute approximate surface area is 115 Å². The van der Waals surface area contributed by atoms with E-state index in [0.29, 0.717) is 11.5 Å². The Morgan fingerprint density at radius 2 is 2.11 bits per heavy atom. The second kappa shape index (κ2) is 6.38. The highest BCUT2D eigenvalue weighted by Crippen LogP contribution is 2.29. The fourth-order valence-corrected chi connectivity index (χ4v) is 3.03. The lowest BCUT2D eigenvalue weighted by Gasteiger charge is -2.25. The molecular weight excluding hydrogens is 241 g/mol. The van der Waals surface area contributed by atoms with Crippen molar-refractivity contribution in [2.24, 2.45) is 11.8 Å². The number of hydrogen-bond acceptors (Lipinski definition) is 2. The number of benzene rings is 1. The SMILES string of the molecule is CC(C)C1CCCN(c2cccc(F)c2CO)CC1. The molecule has 0 bridgehead atoms. The molecule has 2 rings (SSSR count). The number of rotatable bonds is 3. The zero-order valence-corrected chi connectivity index (χ0v) is 11.9. The molecule has 1 saturated heterocycles. The third-order valence-corrected chi connectivity index (χ3v) is 4.31. The van der Waals surface area contributed by atoms with Gasteiger partial charge in [0.1, 0.15) is 5.82 Å². The van der Waals surface area contributed by atoms with Crippen molar-refractivity contribution in [3.63, 3.8) is 0 Å². The Morgan fingerprint density at radius 3 is 2.79 bits per heavy atom. The summed E-state index contributed by atoms with van der Waals surface area (Å²) in [6.07, 6.45) is 3.54. The minimum Gasteiger partial charge on any atom is -0.391 e. The van der Waals surface area contributed by atoms with Gasteiger partial charge in [0.25, 0.3) is 0 Å². The third-order valence-electron chi connectivity index (χ3n) is 4.31. The topological polar surface area (TPSA) is 23.5 Å². The van der Waals surface area contributed by atoms with E-state index in [-0.39, 0.29) is 12.4 Å². The lowest BCUT2D eigenvalue weighted by Crippen LogP contribution is -2.26. The van der Waals surface area contributed by atoms with Gasteiger partial charge in [-0.15, -0.1) is 0 Å². The molecular formula is C16H24FNO. The fourth-order valence-electron chi connectivity index (χ4n) is 3.03. The Balaban J connectivity index is 2.16. The first-order chi connectivity index (χ1) is 9.13. The number of halogens is 1. The van der Waals surface area contributed by atoms with Crippen LogP contribution < -0.4 is 4.90 Å². The average molecular weight is 265 g/mol. The van der Waals surface area contributed by atoms with Crippen LogP contribution in [0.4, 0.5) is 10.1 Å². The van der Waals surface area contributed by atoms with Gasteiger partial charge in [-0.05, 0) is 43.2 Å². The standard InChI is InChI=1S/C16H24FNO/c1-12(2)13-5-4-9-18(10-8-13)16-7-3-6-15(17)14(16)11-19/h3,6-7,12-13,19H,4-5,8-11H2,1-2H3. The van der Waals surface area contributed by atoms with E-state index in [1.165, 1.54) is 12.5 Å². The molecule has 0 saturated carbocycles. The molecule has 0 amide bonds. The first-order valence-electron chi connectivity index (χ1n) is 7.26. The first-order valence-corrected chi connectivity index (χ1v) is 7.26. The Hall–Kier alpha value is -1.09. The van der Waals surface area contributed by atoms with Crippen molar-refractivity contribution < 1.29 is 9.50 Å². The molecule has 0 radical (unpaired) electrons. The number of nitrogens with zero attached hydrogens (tertiary/aromatic N) is 1. The van der Waals surface area contributed by atoms with Gasteiger partial charge in [-0.1, -0.05) is 19.9 Å². The van der Waals surface area contributed by atoms with Crippen molar-refractivity contribution in [3.8, 4) is 0 Å². The van der Waals surface area contributed by atoms with Crippen LogP contribution in [0.25, 0.3) is 0 Å². The minimum atomic E-state index is -0.301. The predicted octanol–water partition coefficient (Wildman–Crippen LogP) is 3.58. The fraction of sp³-hybridized carbons (Fsp3) is 0.625. The van der Waals surface area contributed by atoms with Crippen molar-refractivity contribution in [2.45, 2.75) is 39.7 Å². The van der Waals surface area contributed by atoms with Crippen molar-refractivity contribution in [1.29, 1.82) is 0 Å². The van der Waals surface area contributed by atoms with Crippen LogP contribution in [0, 0.1) is 17.7 Å². The molecule has 106 valence electrons. The van der Waals surface area contributed by atoms with Crippen LogP contribution >= 0.6 is 0 Å². The van der Waals surface area contributed by atoms with E-state index in [9.17, 15) is 9.50 Å². The summed E-state index contributed by atoms with van der Waals surface area (Å²) in [6.45, 7) is 6.24. The third kappa shape index (κ3) is 3.27. The predicted molar refractivity (Wildman–Crippen MR) is 76.7 cm³/mol. The number of anilines is 1. The molecule has 1 fully saturated rings.